The second-order valence-corrected chi connectivity index (χ2v) is 7.11. The Hall–Kier alpha value is -3.08. The van der Waals surface area contributed by atoms with Crippen LogP contribution in [0.5, 0.6) is 5.75 Å². The maximum absolute atomic E-state index is 12.9. The molecule has 27 heavy (non-hydrogen) atoms. The Morgan fingerprint density at radius 2 is 1.96 bits per heavy atom. The summed E-state index contributed by atoms with van der Waals surface area (Å²) >= 11 is 0. The van der Waals surface area contributed by atoms with Crippen LogP contribution in [-0.2, 0) is 6.42 Å². The lowest BCUT2D eigenvalue weighted by molar-refractivity contribution is 0.0938. The fourth-order valence-corrected chi connectivity index (χ4v) is 3.83. The summed E-state index contributed by atoms with van der Waals surface area (Å²) in [6, 6.07) is 13.3. The summed E-state index contributed by atoms with van der Waals surface area (Å²) in [5.41, 5.74) is 3.04. The van der Waals surface area contributed by atoms with Gasteiger partial charge in [0, 0.05) is 17.6 Å². The fourth-order valence-electron chi connectivity index (χ4n) is 3.83. The molecule has 1 aliphatic heterocycles. The lowest BCUT2D eigenvalue weighted by atomic mass is 10.1. The first-order valence-corrected chi connectivity index (χ1v) is 9.11. The van der Waals surface area contributed by atoms with Gasteiger partial charge in [0.15, 0.2) is 0 Å². The van der Waals surface area contributed by atoms with Gasteiger partial charge in [-0.15, -0.1) is 0 Å². The van der Waals surface area contributed by atoms with Gasteiger partial charge in [0.1, 0.15) is 11.3 Å². The van der Waals surface area contributed by atoms with E-state index in [0.29, 0.717) is 5.39 Å². The predicted molar refractivity (Wildman–Crippen MR) is 105 cm³/mol. The van der Waals surface area contributed by atoms with Crippen molar-refractivity contribution >= 4 is 16.8 Å². The van der Waals surface area contributed by atoms with Crippen molar-refractivity contribution in [2.75, 3.05) is 7.11 Å². The van der Waals surface area contributed by atoms with E-state index in [2.05, 4.69) is 16.8 Å². The van der Waals surface area contributed by atoms with E-state index < -0.39 is 0 Å². The highest BCUT2D eigenvalue weighted by atomic mass is 16.5. The van der Waals surface area contributed by atoms with Crippen molar-refractivity contribution in [3.05, 3.63) is 75.6 Å². The highest BCUT2D eigenvalue weighted by molar-refractivity contribution is 5.98. The third-order valence-electron chi connectivity index (χ3n) is 5.33. The molecule has 2 atom stereocenters. The van der Waals surface area contributed by atoms with Crippen LogP contribution in [0.2, 0.25) is 0 Å². The second kappa shape index (κ2) is 6.58. The van der Waals surface area contributed by atoms with Crippen LogP contribution in [0.25, 0.3) is 10.9 Å². The summed E-state index contributed by atoms with van der Waals surface area (Å²) in [6.07, 6.45) is 2.59. The number of para-hydroxylation sites is 1. The number of nitrogens with one attached hydrogen (secondary N) is 1. The van der Waals surface area contributed by atoms with E-state index in [0.717, 1.165) is 28.8 Å². The van der Waals surface area contributed by atoms with Gasteiger partial charge in [-0.1, -0.05) is 24.3 Å². The van der Waals surface area contributed by atoms with Crippen molar-refractivity contribution in [3.8, 4) is 5.75 Å². The minimum Gasteiger partial charge on any atom is -0.497 e. The molecule has 0 unspecified atom stereocenters. The molecule has 1 aromatic heterocycles. The molecule has 0 bridgehead atoms. The highest BCUT2D eigenvalue weighted by Gasteiger charge is 2.24. The third kappa shape index (κ3) is 2.89. The predicted octanol–water partition coefficient (Wildman–Crippen LogP) is 3.62. The molecule has 1 aliphatic rings. The number of hydrogen-bond acceptors (Lipinski definition) is 3. The van der Waals surface area contributed by atoms with Crippen LogP contribution in [0.4, 0.5) is 0 Å². The van der Waals surface area contributed by atoms with Crippen molar-refractivity contribution in [2.45, 2.75) is 32.4 Å². The minimum absolute atomic E-state index is 0.189. The van der Waals surface area contributed by atoms with Crippen LogP contribution in [0.3, 0.4) is 0 Å². The summed E-state index contributed by atoms with van der Waals surface area (Å²) in [4.78, 5) is 25.8. The average molecular weight is 362 g/mol. The molecule has 4 rings (SSSR count). The van der Waals surface area contributed by atoms with E-state index in [4.69, 9.17) is 4.74 Å². The number of nitrogens with zero attached hydrogens (tertiary/aromatic N) is 1. The van der Waals surface area contributed by atoms with Crippen molar-refractivity contribution in [1.29, 1.82) is 0 Å². The van der Waals surface area contributed by atoms with Crippen molar-refractivity contribution < 1.29 is 9.53 Å². The molecule has 5 nitrogen and oxygen atoms in total. The molecule has 5 heteroatoms. The number of hydrogen-bond donors (Lipinski definition) is 1. The summed E-state index contributed by atoms with van der Waals surface area (Å²) in [6.45, 7) is 4.00. The van der Waals surface area contributed by atoms with Crippen LogP contribution in [0, 0.1) is 0 Å². The Kier molecular flexibility index (Phi) is 4.22. The zero-order chi connectivity index (χ0) is 19.1. The van der Waals surface area contributed by atoms with Crippen molar-refractivity contribution in [2.24, 2.45) is 0 Å². The summed E-state index contributed by atoms with van der Waals surface area (Å²) in [5.74, 6) is 0.413. The lowest BCUT2D eigenvalue weighted by Gasteiger charge is -2.16. The number of methoxy groups -OCH3 is 1. The number of amides is 1. The quantitative estimate of drug-likeness (QED) is 0.771. The highest BCUT2D eigenvalue weighted by Crippen LogP contribution is 2.31. The topological polar surface area (TPSA) is 60.3 Å². The molecule has 0 radical (unpaired) electrons. The number of rotatable bonds is 4. The van der Waals surface area contributed by atoms with Crippen LogP contribution >= 0.6 is 0 Å². The van der Waals surface area contributed by atoms with E-state index in [1.165, 1.54) is 0 Å². The SMILES string of the molecule is COc1ccc([C@H](C)NC(=O)c2cn3c4c(cccc4c2=O)C[C@@H]3C)cc1. The fraction of sp³-hybridized carbons (Fsp3) is 0.273. The van der Waals surface area contributed by atoms with E-state index in [9.17, 15) is 9.59 Å². The van der Waals surface area contributed by atoms with Gasteiger partial charge in [-0.2, -0.15) is 0 Å². The van der Waals surface area contributed by atoms with E-state index in [1.54, 1.807) is 19.4 Å². The Labute approximate surface area is 157 Å². The molecule has 0 saturated carbocycles. The van der Waals surface area contributed by atoms with Gasteiger partial charge >= 0.3 is 0 Å². The second-order valence-electron chi connectivity index (χ2n) is 7.11. The molecule has 1 N–H and O–H groups in total. The Balaban J connectivity index is 1.67. The maximum Gasteiger partial charge on any atom is 0.257 e. The Morgan fingerprint density at radius 1 is 1.22 bits per heavy atom. The first-order chi connectivity index (χ1) is 13.0. The maximum atomic E-state index is 12.9. The van der Waals surface area contributed by atoms with Crippen LogP contribution in [0.1, 0.15) is 47.4 Å². The molecular weight excluding hydrogens is 340 g/mol. The molecule has 0 spiro atoms. The normalized spacial score (nSPS) is 16.3. The van der Waals surface area contributed by atoms with Gasteiger partial charge in [0.05, 0.1) is 18.7 Å². The smallest absolute Gasteiger partial charge is 0.257 e. The van der Waals surface area contributed by atoms with Gasteiger partial charge < -0.3 is 14.6 Å². The average Bonchev–Trinajstić information content (AvgIpc) is 3.00. The number of benzene rings is 2. The van der Waals surface area contributed by atoms with Gasteiger partial charge in [-0.05, 0) is 49.6 Å². The first kappa shape index (κ1) is 17.3. The van der Waals surface area contributed by atoms with E-state index in [1.807, 2.05) is 43.3 Å². The van der Waals surface area contributed by atoms with Gasteiger partial charge in [-0.3, -0.25) is 9.59 Å². The van der Waals surface area contributed by atoms with Gasteiger partial charge in [0.2, 0.25) is 5.43 Å². The molecule has 2 heterocycles. The number of ether oxygens (including phenoxy) is 1. The standard InChI is InChI=1S/C22H22N2O3/c1-13-11-16-5-4-6-18-20(16)24(13)12-19(21(18)25)22(26)23-14(2)15-7-9-17(27-3)10-8-15/h4-10,12-14H,11H2,1-3H3,(H,23,26)/t13-,14-/m0/s1. The van der Waals surface area contributed by atoms with E-state index in [-0.39, 0.29) is 29.0 Å². The molecule has 2 aromatic carbocycles. The molecule has 138 valence electrons. The number of aromatic nitrogens is 1. The van der Waals surface area contributed by atoms with Crippen molar-refractivity contribution in [1.82, 2.24) is 9.88 Å². The molecule has 3 aromatic rings. The molecule has 1 amide bonds. The van der Waals surface area contributed by atoms with Crippen LogP contribution in [-0.4, -0.2) is 17.6 Å². The summed E-state index contributed by atoms with van der Waals surface area (Å²) in [7, 11) is 1.62. The van der Waals surface area contributed by atoms with Crippen LogP contribution in [0.15, 0.2) is 53.5 Å². The number of pyridine rings is 1. The zero-order valence-corrected chi connectivity index (χ0v) is 15.7. The molecule has 0 aliphatic carbocycles. The lowest BCUT2D eigenvalue weighted by Crippen LogP contribution is -2.31. The van der Waals surface area contributed by atoms with Crippen molar-refractivity contribution in [3.63, 3.8) is 0 Å². The number of carbonyl (C=O) groups excluding carboxylic acids is 1. The largest absolute Gasteiger partial charge is 0.497 e. The van der Waals surface area contributed by atoms with E-state index >= 15 is 0 Å². The summed E-state index contributed by atoms with van der Waals surface area (Å²) in [5, 5.41) is 3.56. The third-order valence-corrected chi connectivity index (χ3v) is 5.33. The molecule has 0 saturated heterocycles. The Bertz CT molecular complexity index is 1080. The molecular formula is C22H22N2O3. The Morgan fingerprint density at radius 3 is 2.67 bits per heavy atom. The molecule has 0 fully saturated rings. The zero-order valence-electron chi connectivity index (χ0n) is 15.7. The van der Waals surface area contributed by atoms with Gasteiger partial charge in [-0.25, -0.2) is 0 Å². The van der Waals surface area contributed by atoms with Crippen LogP contribution < -0.4 is 15.5 Å². The minimum atomic E-state index is -0.349. The first-order valence-electron chi connectivity index (χ1n) is 9.11. The number of carbonyl (C=O) groups is 1. The summed E-state index contributed by atoms with van der Waals surface area (Å²) < 4.78 is 7.22. The monoisotopic (exact) mass is 362 g/mol. The van der Waals surface area contributed by atoms with Gasteiger partial charge in [0.25, 0.3) is 5.91 Å².